The number of nitrogens with one attached hydrogen (secondary N) is 1. The summed E-state index contributed by atoms with van der Waals surface area (Å²) < 4.78 is 17.3. The topological polar surface area (TPSA) is 69.2 Å². The number of nitrogens with zero attached hydrogens (tertiary/aromatic N) is 1. The Balaban J connectivity index is 1.70. The fraction of sp³-hybridized carbons (Fsp3) is 0.130. The lowest BCUT2D eigenvalue weighted by Crippen LogP contribution is -2.18. The molecule has 1 N–H and O–H groups in total. The summed E-state index contributed by atoms with van der Waals surface area (Å²) in [6.45, 7) is 0.356. The largest absolute Gasteiger partial charge is 0.496 e. The van der Waals surface area contributed by atoms with Crippen LogP contribution in [-0.4, -0.2) is 26.3 Å². The second kappa shape index (κ2) is 10.8. The smallest absolute Gasteiger partial charge is 0.275 e. The zero-order valence-electron chi connectivity index (χ0n) is 16.9. The van der Waals surface area contributed by atoms with Crippen molar-refractivity contribution >= 4 is 39.7 Å². The lowest BCUT2D eigenvalue weighted by molar-refractivity contribution is 0.0952. The summed E-state index contributed by atoms with van der Waals surface area (Å²) in [7, 11) is 3.07. The molecule has 0 aromatic heterocycles. The van der Waals surface area contributed by atoms with Gasteiger partial charge in [-0.3, -0.25) is 4.79 Å². The summed E-state index contributed by atoms with van der Waals surface area (Å²) in [6, 6.07) is 17.9. The molecule has 3 aromatic carbocycles. The maximum Gasteiger partial charge on any atom is 0.275 e. The maximum atomic E-state index is 12.3. The summed E-state index contributed by atoms with van der Waals surface area (Å²) in [5.74, 6) is 1.19. The van der Waals surface area contributed by atoms with Gasteiger partial charge < -0.3 is 14.2 Å². The third-order valence-electron chi connectivity index (χ3n) is 4.28. The standard InChI is InChI=1S/C23H20BrClN2O4/c1-29-20-6-4-3-5-18(20)23(28)27-26-13-16-11-19(24)22(21(12-16)30-2)31-14-15-7-9-17(25)10-8-15/h3-13H,14H2,1-2H3,(H,27,28)/b26-13+. The summed E-state index contributed by atoms with van der Waals surface area (Å²) in [6.07, 6.45) is 1.52. The van der Waals surface area contributed by atoms with Crippen molar-refractivity contribution in [2.24, 2.45) is 5.10 Å². The first-order chi connectivity index (χ1) is 15.0. The number of para-hydroxylation sites is 1. The molecule has 0 aliphatic carbocycles. The molecule has 31 heavy (non-hydrogen) atoms. The maximum absolute atomic E-state index is 12.3. The van der Waals surface area contributed by atoms with Crippen molar-refractivity contribution in [3.8, 4) is 17.2 Å². The van der Waals surface area contributed by atoms with E-state index in [9.17, 15) is 4.79 Å². The Morgan fingerprint density at radius 2 is 1.77 bits per heavy atom. The summed E-state index contributed by atoms with van der Waals surface area (Å²) in [4.78, 5) is 12.3. The Kier molecular flexibility index (Phi) is 7.92. The van der Waals surface area contributed by atoms with Crippen LogP contribution in [0.2, 0.25) is 5.02 Å². The Bertz CT molecular complexity index is 1090. The second-order valence-corrected chi connectivity index (χ2v) is 7.64. The molecular weight excluding hydrogens is 484 g/mol. The van der Waals surface area contributed by atoms with Crippen LogP contribution in [0.5, 0.6) is 17.2 Å². The van der Waals surface area contributed by atoms with Gasteiger partial charge in [-0.1, -0.05) is 35.9 Å². The van der Waals surface area contributed by atoms with Gasteiger partial charge in [0.05, 0.1) is 30.5 Å². The van der Waals surface area contributed by atoms with Crippen molar-refractivity contribution in [3.63, 3.8) is 0 Å². The number of amides is 1. The molecule has 0 atom stereocenters. The van der Waals surface area contributed by atoms with Gasteiger partial charge in [-0.15, -0.1) is 0 Å². The molecule has 0 saturated carbocycles. The molecule has 1 amide bonds. The number of hydrogen-bond acceptors (Lipinski definition) is 5. The van der Waals surface area contributed by atoms with E-state index in [4.69, 9.17) is 25.8 Å². The molecule has 160 valence electrons. The molecule has 0 bridgehead atoms. The van der Waals surface area contributed by atoms with Crippen molar-refractivity contribution in [2.45, 2.75) is 6.61 Å². The molecule has 6 nitrogen and oxygen atoms in total. The third kappa shape index (κ3) is 5.99. The van der Waals surface area contributed by atoms with Crippen LogP contribution in [0.4, 0.5) is 0 Å². The predicted octanol–water partition coefficient (Wildman–Crippen LogP) is 5.46. The molecule has 0 saturated heterocycles. The lowest BCUT2D eigenvalue weighted by Gasteiger charge is -2.13. The molecule has 0 aliphatic heterocycles. The number of carbonyl (C=O) groups excluding carboxylic acids is 1. The number of methoxy groups -OCH3 is 2. The Labute approximate surface area is 193 Å². The van der Waals surface area contributed by atoms with E-state index in [0.29, 0.717) is 44.5 Å². The number of hydrogen-bond donors (Lipinski definition) is 1. The zero-order chi connectivity index (χ0) is 22.2. The van der Waals surface area contributed by atoms with Crippen LogP contribution in [0, 0.1) is 0 Å². The minimum Gasteiger partial charge on any atom is -0.496 e. The Morgan fingerprint density at radius 3 is 2.48 bits per heavy atom. The van der Waals surface area contributed by atoms with Gasteiger partial charge >= 0.3 is 0 Å². The Morgan fingerprint density at radius 1 is 1.06 bits per heavy atom. The van der Waals surface area contributed by atoms with E-state index >= 15 is 0 Å². The molecule has 0 heterocycles. The van der Waals surface area contributed by atoms with E-state index in [1.807, 2.05) is 30.3 Å². The summed E-state index contributed by atoms with van der Waals surface area (Å²) in [5.41, 5.74) is 4.58. The first-order valence-corrected chi connectivity index (χ1v) is 10.4. The number of benzene rings is 3. The number of carbonyl (C=O) groups is 1. The van der Waals surface area contributed by atoms with Crippen molar-refractivity contribution in [3.05, 3.63) is 86.8 Å². The van der Waals surface area contributed by atoms with Crippen LogP contribution in [0.25, 0.3) is 0 Å². The number of hydrazone groups is 1. The zero-order valence-corrected chi connectivity index (χ0v) is 19.2. The third-order valence-corrected chi connectivity index (χ3v) is 5.12. The lowest BCUT2D eigenvalue weighted by atomic mass is 10.2. The summed E-state index contributed by atoms with van der Waals surface area (Å²) in [5, 5.41) is 4.70. The molecule has 0 fully saturated rings. The highest BCUT2D eigenvalue weighted by molar-refractivity contribution is 9.10. The van der Waals surface area contributed by atoms with Crippen LogP contribution in [0.1, 0.15) is 21.5 Å². The number of rotatable bonds is 8. The first-order valence-electron chi connectivity index (χ1n) is 9.23. The van der Waals surface area contributed by atoms with E-state index in [1.54, 1.807) is 37.4 Å². The van der Waals surface area contributed by atoms with Gasteiger partial charge in [-0.2, -0.15) is 5.10 Å². The van der Waals surface area contributed by atoms with Gasteiger partial charge in [0.2, 0.25) is 0 Å². The SMILES string of the molecule is COc1ccccc1C(=O)N/N=C/c1cc(Br)c(OCc2ccc(Cl)cc2)c(OC)c1. The quantitative estimate of drug-likeness (QED) is 0.327. The molecule has 0 radical (unpaired) electrons. The van der Waals surface area contributed by atoms with Crippen LogP contribution < -0.4 is 19.6 Å². The average Bonchev–Trinajstić information content (AvgIpc) is 2.79. The normalized spacial score (nSPS) is 10.7. The molecular formula is C23H20BrClN2O4. The van der Waals surface area contributed by atoms with Gasteiger partial charge in [-0.25, -0.2) is 5.43 Å². The van der Waals surface area contributed by atoms with Crippen molar-refractivity contribution < 1.29 is 19.0 Å². The van der Waals surface area contributed by atoms with E-state index in [2.05, 4.69) is 26.5 Å². The van der Waals surface area contributed by atoms with Crippen molar-refractivity contribution in [1.82, 2.24) is 5.43 Å². The molecule has 0 aliphatic rings. The van der Waals surface area contributed by atoms with Gasteiger partial charge in [0.25, 0.3) is 5.91 Å². The van der Waals surface area contributed by atoms with E-state index in [0.717, 1.165) is 5.56 Å². The molecule has 0 unspecified atom stereocenters. The number of ether oxygens (including phenoxy) is 3. The molecule has 3 rings (SSSR count). The fourth-order valence-electron chi connectivity index (χ4n) is 2.75. The molecule has 0 spiro atoms. The van der Waals surface area contributed by atoms with Crippen LogP contribution in [-0.2, 0) is 6.61 Å². The molecule has 3 aromatic rings. The number of halogens is 2. The minimum atomic E-state index is -0.373. The first kappa shape index (κ1) is 22.7. The van der Waals surface area contributed by atoms with Crippen LogP contribution in [0.15, 0.2) is 70.2 Å². The van der Waals surface area contributed by atoms with Crippen molar-refractivity contribution in [1.29, 1.82) is 0 Å². The van der Waals surface area contributed by atoms with Gasteiger partial charge in [0.15, 0.2) is 11.5 Å². The fourth-order valence-corrected chi connectivity index (χ4v) is 3.45. The highest BCUT2D eigenvalue weighted by Crippen LogP contribution is 2.37. The molecule has 8 heteroatoms. The van der Waals surface area contributed by atoms with Gasteiger partial charge in [0, 0.05) is 5.02 Å². The highest BCUT2D eigenvalue weighted by Gasteiger charge is 2.13. The van der Waals surface area contributed by atoms with Crippen LogP contribution >= 0.6 is 27.5 Å². The summed E-state index contributed by atoms with van der Waals surface area (Å²) >= 11 is 9.43. The van der Waals surface area contributed by atoms with Crippen LogP contribution in [0.3, 0.4) is 0 Å². The predicted molar refractivity (Wildman–Crippen MR) is 125 cm³/mol. The minimum absolute atomic E-state index is 0.356. The monoisotopic (exact) mass is 502 g/mol. The average molecular weight is 504 g/mol. The Hall–Kier alpha value is -3.03. The van der Waals surface area contributed by atoms with E-state index in [-0.39, 0.29) is 5.91 Å². The van der Waals surface area contributed by atoms with E-state index < -0.39 is 0 Å². The van der Waals surface area contributed by atoms with Gasteiger partial charge in [-0.05, 0) is 63.5 Å². The second-order valence-electron chi connectivity index (χ2n) is 6.35. The van der Waals surface area contributed by atoms with Gasteiger partial charge in [0.1, 0.15) is 12.4 Å². The highest BCUT2D eigenvalue weighted by atomic mass is 79.9. The van der Waals surface area contributed by atoms with Crippen molar-refractivity contribution in [2.75, 3.05) is 14.2 Å². The van der Waals surface area contributed by atoms with E-state index in [1.165, 1.54) is 13.3 Å².